The first kappa shape index (κ1) is 17.3. The maximum Gasteiger partial charge on any atom is 0.315 e. The summed E-state index contributed by atoms with van der Waals surface area (Å²) in [5.41, 5.74) is -0.856. The molecular weight excluding hydrogens is 274 g/mol. The minimum absolute atomic E-state index is 0.0959. The molecule has 1 unspecified atom stereocenters. The SMILES string of the molecule is CCN(C)C(=O)C(C)NC(=O)NCC1(C(=O)O)CCCC1. The molecule has 0 aromatic carbocycles. The van der Waals surface area contributed by atoms with Crippen LogP contribution in [0.1, 0.15) is 39.5 Å². The van der Waals surface area contributed by atoms with Crippen LogP contribution in [0.25, 0.3) is 0 Å². The second-order valence-corrected chi connectivity index (χ2v) is 5.69. The van der Waals surface area contributed by atoms with Gasteiger partial charge in [-0.2, -0.15) is 0 Å². The van der Waals surface area contributed by atoms with Crippen molar-refractivity contribution >= 4 is 17.9 Å². The van der Waals surface area contributed by atoms with Gasteiger partial charge in [0.25, 0.3) is 0 Å². The van der Waals surface area contributed by atoms with Gasteiger partial charge < -0.3 is 20.6 Å². The Balaban J connectivity index is 2.47. The number of hydrogen-bond acceptors (Lipinski definition) is 3. The van der Waals surface area contributed by atoms with E-state index < -0.39 is 23.5 Å². The molecule has 120 valence electrons. The number of aliphatic carboxylic acids is 1. The van der Waals surface area contributed by atoms with E-state index in [0.29, 0.717) is 19.4 Å². The predicted molar refractivity (Wildman–Crippen MR) is 77.8 cm³/mol. The van der Waals surface area contributed by atoms with Crippen molar-refractivity contribution in [3.8, 4) is 0 Å². The molecule has 0 bridgehead atoms. The number of nitrogens with zero attached hydrogens (tertiary/aromatic N) is 1. The molecule has 0 aliphatic heterocycles. The smallest absolute Gasteiger partial charge is 0.315 e. The van der Waals surface area contributed by atoms with E-state index in [1.807, 2.05) is 6.92 Å². The molecule has 21 heavy (non-hydrogen) atoms. The Morgan fingerprint density at radius 2 is 1.86 bits per heavy atom. The fourth-order valence-electron chi connectivity index (χ4n) is 2.56. The van der Waals surface area contributed by atoms with E-state index >= 15 is 0 Å². The van der Waals surface area contributed by atoms with Gasteiger partial charge in [-0.1, -0.05) is 12.8 Å². The van der Waals surface area contributed by atoms with Crippen LogP contribution >= 0.6 is 0 Å². The quantitative estimate of drug-likeness (QED) is 0.675. The zero-order valence-corrected chi connectivity index (χ0v) is 12.9. The highest BCUT2D eigenvalue weighted by Gasteiger charge is 2.41. The summed E-state index contributed by atoms with van der Waals surface area (Å²) in [6.45, 7) is 4.12. The number of rotatable bonds is 6. The number of carbonyl (C=O) groups excluding carboxylic acids is 2. The Morgan fingerprint density at radius 3 is 2.33 bits per heavy atom. The van der Waals surface area contributed by atoms with Crippen LogP contribution in [0.15, 0.2) is 0 Å². The molecule has 1 saturated carbocycles. The second kappa shape index (κ2) is 7.28. The average Bonchev–Trinajstić information content (AvgIpc) is 2.93. The molecule has 0 aromatic heterocycles. The van der Waals surface area contributed by atoms with Crippen LogP contribution < -0.4 is 10.6 Å². The number of nitrogens with one attached hydrogen (secondary N) is 2. The number of urea groups is 1. The topological polar surface area (TPSA) is 98.7 Å². The molecule has 3 N–H and O–H groups in total. The van der Waals surface area contributed by atoms with Gasteiger partial charge >= 0.3 is 12.0 Å². The number of amides is 3. The summed E-state index contributed by atoms with van der Waals surface area (Å²) in [6, 6.07) is -1.15. The molecule has 7 heteroatoms. The first-order valence-electron chi connectivity index (χ1n) is 7.35. The van der Waals surface area contributed by atoms with E-state index in [1.165, 1.54) is 4.90 Å². The van der Waals surface area contributed by atoms with Crippen molar-refractivity contribution in [2.75, 3.05) is 20.1 Å². The van der Waals surface area contributed by atoms with Crippen molar-refractivity contribution < 1.29 is 19.5 Å². The molecule has 0 saturated heterocycles. The fraction of sp³-hybridized carbons (Fsp3) is 0.786. The number of carboxylic acid groups (broad SMARTS) is 1. The minimum Gasteiger partial charge on any atom is -0.481 e. The Hall–Kier alpha value is -1.79. The second-order valence-electron chi connectivity index (χ2n) is 5.69. The van der Waals surface area contributed by atoms with Gasteiger partial charge in [-0.05, 0) is 26.7 Å². The molecule has 1 rings (SSSR count). The van der Waals surface area contributed by atoms with Crippen molar-refractivity contribution in [3.05, 3.63) is 0 Å². The standard InChI is InChI=1S/C14H25N3O4/c1-4-17(3)11(18)10(2)16-13(21)15-9-14(12(19)20)7-5-6-8-14/h10H,4-9H2,1-3H3,(H,19,20)(H2,15,16,21). The summed E-state index contributed by atoms with van der Waals surface area (Å²) in [4.78, 5) is 36.5. The molecule has 1 atom stereocenters. The number of hydrogen-bond donors (Lipinski definition) is 3. The van der Waals surface area contributed by atoms with Crippen molar-refractivity contribution in [1.82, 2.24) is 15.5 Å². The minimum atomic E-state index is -0.866. The third-order valence-corrected chi connectivity index (χ3v) is 4.17. The molecule has 3 amide bonds. The van der Waals surface area contributed by atoms with E-state index in [2.05, 4.69) is 10.6 Å². The molecule has 1 fully saturated rings. The first-order valence-corrected chi connectivity index (χ1v) is 7.35. The fourth-order valence-corrected chi connectivity index (χ4v) is 2.56. The Labute approximate surface area is 125 Å². The van der Waals surface area contributed by atoms with Gasteiger partial charge in [0.2, 0.25) is 5.91 Å². The first-order chi connectivity index (χ1) is 9.82. The summed E-state index contributed by atoms with van der Waals surface area (Å²) >= 11 is 0. The highest BCUT2D eigenvalue weighted by Crippen LogP contribution is 2.37. The molecule has 0 radical (unpaired) electrons. The van der Waals surface area contributed by atoms with Gasteiger partial charge in [0.05, 0.1) is 5.41 Å². The van der Waals surface area contributed by atoms with Gasteiger partial charge in [-0.3, -0.25) is 9.59 Å². The Bertz CT molecular complexity index is 405. The van der Waals surface area contributed by atoms with Gasteiger partial charge in [0.1, 0.15) is 6.04 Å². The van der Waals surface area contributed by atoms with Gasteiger partial charge in [-0.25, -0.2) is 4.79 Å². The Kier molecular flexibility index (Phi) is 5.99. The molecule has 7 nitrogen and oxygen atoms in total. The van der Waals surface area contributed by atoms with Crippen molar-refractivity contribution in [2.45, 2.75) is 45.6 Å². The van der Waals surface area contributed by atoms with Crippen LogP contribution in [0.5, 0.6) is 0 Å². The van der Waals surface area contributed by atoms with E-state index in [1.54, 1.807) is 14.0 Å². The normalized spacial score (nSPS) is 17.9. The summed E-state index contributed by atoms with van der Waals surface area (Å²) in [5, 5.41) is 14.4. The molecular formula is C14H25N3O4. The van der Waals surface area contributed by atoms with E-state index in [4.69, 9.17) is 0 Å². The van der Waals surface area contributed by atoms with Gasteiger partial charge in [-0.15, -0.1) is 0 Å². The highest BCUT2D eigenvalue weighted by atomic mass is 16.4. The third kappa shape index (κ3) is 4.34. The summed E-state index contributed by atoms with van der Waals surface area (Å²) in [5.74, 6) is -1.04. The van der Waals surface area contributed by atoms with Gasteiger partial charge in [0, 0.05) is 20.1 Å². The maximum atomic E-state index is 11.8. The predicted octanol–water partition coefficient (Wildman–Crippen LogP) is 0.797. The Morgan fingerprint density at radius 1 is 1.29 bits per heavy atom. The van der Waals surface area contributed by atoms with Crippen LogP contribution in [-0.4, -0.2) is 54.1 Å². The summed E-state index contributed by atoms with van der Waals surface area (Å²) < 4.78 is 0. The van der Waals surface area contributed by atoms with E-state index in [9.17, 15) is 19.5 Å². The van der Waals surface area contributed by atoms with Crippen molar-refractivity contribution in [3.63, 3.8) is 0 Å². The van der Waals surface area contributed by atoms with Crippen LogP contribution in [0.4, 0.5) is 4.79 Å². The van der Waals surface area contributed by atoms with Crippen molar-refractivity contribution in [2.24, 2.45) is 5.41 Å². The number of likely N-dealkylation sites (N-methyl/N-ethyl adjacent to an activating group) is 1. The lowest BCUT2D eigenvalue weighted by molar-refractivity contribution is -0.148. The lowest BCUT2D eigenvalue weighted by Gasteiger charge is -2.25. The lowest BCUT2D eigenvalue weighted by Crippen LogP contribution is -2.51. The molecule has 0 spiro atoms. The molecule has 1 aliphatic carbocycles. The molecule has 1 aliphatic rings. The van der Waals surface area contributed by atoms with Crippen LogP contribution in [0.2, 0.25) is 0 Å². The number of carbonyl (C=O) groups is 3. The van der Waals surface area contributed by atoms with Gasteiger partial charge in [0.15, 0.2) is 0 Å². The zero-order valence-electron chi connectivity index (χ0n) is 12.9. The van der Waals surface area contributed by atoms with Crippen LogP contribution in [-0.2, 0) is 9.59 Å². The van der Waals surface area contributed by atoms with Crippen molar-refractivity contribution in [1.29, 1.82) is 0 Å². The largest absolute Gasteiger partial charge is 0.481 e. The monoisotopic (exact) mass is 299 g/mol. The average molecular weight is 299 g/mol. The summed E-state index contributed by atoms with van der Waals surface area (Å²) in [6.07, 6.45) is 2.89. The van der Waals surface area contributed by atoms with Crippen LogP contribution in [0, 0.1) is 5.41 Å². The molecule has 0 heterocycles. The lowest BCUT2D eigenvalue weighted by atomic mass is 9.86. The molecule has 0 aromatic rings. The highest BCUT2D eigenvalue weighted by molar-refractivity contribution is 5.86. The maximum absolute atomic E-state index is 11.8. The number of carboxylic acids is 1. The summed E-state index contributed by atoms with van der Waals surface area (Å²) in [7, 11) is 1.66. The third-order valence-electron chi connectivity index (χ3n) is 4.17. The van der Waals surface area contributed by atoms with E-state index in [0.717, 1.165) is 12.8 Å². The zero-order chi connectivity index (χ0) is 16.0. The van der Waals surface area contributed by atoms with Crippen LogP contribution in [0.3, 0.4) is 0 Å². The van der Waals surface area contributed by atoms with E-state index in [-0.39, 0.29) is 12.5 Å².